The van der Waals surface area contributed by atoms with Crippen molar-refractivity contribution in [3.63, 3.8) is 0 Å². The molecule has 0 aliphatic heterocycles. The van der Waals surface area contributed by atoms with Gasteiger partial charge in [0.05, 0.1) is 10.6 Å². The van der Waals surface area contributed by atoms with E-state index in [1.54, 1.807) is 36.0 Å². The fourth-order valence-electron chi connectivity index (χ4n) is 2.04. The average Bonchev–Trinajstić information content (AvgIpc) is 2.58. The number of rotatable bonds is 11. The van der Waals surface area contributed by atoms with Crippen LogP contribution in [0.15, 0.2) is 24.3 Å². The highest BCUT2D eigenvalue weighted by Crippen LogP contribution is 2.15. The van der Waals surface area contributed by atoms with Gasteiger partial charge in [0.15, 0.2) is 0 Å². The van der Waals surface area contributed by atoms with Crippen LogP contribution in [0.3, 0.4) is 0 Å². The lowest BCUT2D eigenvalue weighted by Crippen LogP contribution is -2.47. The van der Waals surface area contributed by atoms with E-state index in [0.717, 1.165) is 12.2 Å². The van der Waals surface area contributed by atoms with Crippen molar-refractivity contribution in [2.45, 2.75) is 25.8 Å². The van der Waals surface area contributed by atoms with E-state index in [2.05, 4.69) is 10.6 Å². The molecule has 0 saturated heterocycles. The first-order valence-electron chi connectivity index (χ1n) is 8.00. The van der Waals surface area contributed by atoms with Gasteiger partial charge >= 0.3 is 0 Å². The lowest BCUT2D eigenvalue weighted by atomic mass is 10.1. The molecule has 134 valence electrons. The van der Waals surface area contributed by atoms with Gasteiger partial charge in [-0.25, -0.2) is 0 Å². The van der Waals surface area contributed by atoms with E-state index in [-0.39, 0.29) is 11.8 Å². The van der Waals surface area contributed by atoms with Crippen molar-refractivity contribution in [3.8, 4) is 0 Å². The summed E-state index contributed by atoms with van der Waals surface area (Å²) in [5.41, 5.74) is 0.373. The first kappa shape index (κ1) is 20.8. The highest BCUT2D eigenvalue weighted by Gasteiger charge is 2.21. The SMILES string of the molecule is CCOCCCNC(=O)C(CCSC)NC(=O)c1ccccc1Cl. The Morgan fingerprint density at radius 2 is 2.08 bits per heavy atom. The molecule has 1 aromatic rings. The van der Waals surface area contributed by atoms with Crippen molar-refractivity contribution in [3.05, 3.63) is 34.9 Å². The zero-order valence-electron chi connectivity index (χ0n) is 14.1. The number of thioether (sulfide) groups is 1. The quantitative estimate of drug-likeness (QED) is 0.586. The second kappa shape index (κ2) is 12.2. The lowest BCUT2D eigenvalue weighted by molar-refractivity contribution is -0.123. The Labute approximate surface area is 152 Å². The molecule has 0 aromatic heterocycles. The minimum absolute atomic E-state index is 0.180. The van der Waals surface area contributed by atoms with Crippen LogP contribution in [0.5, 0.6) is 0 Å². The summed E-state index contributed by atoms with van der Waals surface area (Å²) in [6, 6.07) is 6.22. The fraction of sp³-hybridized carbons (Fsp3) is 0.529. The highest BCUT2D eigenvalue weighted by molar-refractivity contribution is 7.98. The minimum atomic E-state index is -0.576. The molecule has 0 saturated carbocycles. The third kappa shape index (κ3) is 7.55. The monoisotopic (exact) mass is 372 g/mol. The Kier molecular flexibility index (Phi) is 10.5. The van der Waals surface area contributed by atoms with E-state index in [1.807, 2.05) is 13.2 Å². The summed E-state index contributed by atoms with van der Waals surface area (Å²) >= 11 is 7.67. The Balaban J connectivity index is 2.59. The number of hydrogen-bond acceptors (Lipinski definition) is 4. The number of halogens is 1. The van der Waals surface area contributed by atoms with Gasteiger partial charge in [0, 0.05) is 19.8 Å². The molecule has 0 aliphatic carbocycles. The minimum Gasteiger partial charge on any atom is -0.382 e. The van der Waals surface area contributed by atoms with Crippen molar-refractivity contribution < 1.29 is 14.3 Å². The third-order valence-electron chi connectivity index (χ3n) is 3.32. The molecule has 1 rings (SSSR count). The average molecular weight is 373 g/mol. The van der Waals surface area contributed by atoms with Crippen LogP contribution in [0.25, 0.3) is 0 Å². The van der Waals surface area contributed by atoms with Crippen LogP contribution in [-0.4, -0.2) is 49.6 Å². The van der Waals surface area contributed by atoms with Crippen molar-refractivity contribution >= 4 is 35.2 Å². The maximum Gasteiger partial charge on any atom is 0.253 e. The zero-order chi connectivity index (χ0) is 17.8. The number of ether oxygens (including phenoxy) is 1. The highest BCUT2D eigenvalue weighted by atomic mass is 35.5. The molecule has 2 amide bonds. The molecule has 0 bridgehead atoms. The van der Waals surface area contributed by atoms with Gasteiger partial charge in [-0.2, -0.15) is 11.8 Å². The predicted molar refractivity (Wildman–Crippen MR) is 99.8 cm³/mol. The summed E-state index contributed by atoms with van der Waals surface area (Å²) in [5.74, 6) is 0.261. The summed E-state index contributed by atoms with van der Waals surface area (Å²) in [4.78, 5) is 24.7. The summed E-state index contributed by atoms with van der Waals surface area (Å²) in [6.07, 6.45) is 3.27. The smallest absolute Gasteiger partial charge is 0.253 e. The molecule has 0 aliphatic rings. The first-order chi connectivity index (χ1) is 11.6. The van der Waals surface area contributed by atoms with Crippen LogP contribution in [0.2, 0.25) is 5.02 Å². The van der Waals surface area contributed by atoms with Gasteiger partial charge in [-0.1, -0.05) is 23.7 Å². The van der Waals surface area contributed by atoms with Crippen LogP contribution in [-0.2, 0) is 9.53 Å². The van der Waals surface area contributed by atoms with Gasteiger partial charge in [0.25, 0.3) is 5.91 Å². The second-order valence-electron chi connectivity index (χ2n) is 5.13. The summed E-state index contributed by atoms with van der Waals surface area (Å²) in [7, 11) is 0. The van der Waals surface area contributed by atoms with Crippen LogP contribution in [0.4, 0.5) is 0 Å². The number of carbonyl (C=O) groups excluding carboxylic acids is 2. The second-order valence-corrected chi connectivity index (χ2v) is 6.52. The number of benzene rings is 1. The molecule has 5 nitrogen and oxygen atoms in total. The predicted octanol–water partition coefficient (Wildman–Crippen LogP) is 2.73. The maximum atomic E-state index is 12.4. The number of carbonyl (C=O) groups is 2. The van der Waals surface area contributed by atoms with Gasteiger partial charge in [-0.15, -0.1) is 0 Å². The molecule has 0 radical (unpaired) electrons. The lowest BCUT2D eigenvalue weighted by Gasteiger charge is -2.18. The maximum absolute atomic E-state index is 12.4. The van der Waals surface area contributed by atoms with Gasteiger partial charge in [-0.05, 0) is 43.9 Å². The van der Waals surface area contributed by atoms with E-state index in [0.29, 0.717) is 36.8 Å². The van der Waals surface area contributed by atoms with Crippen molar-refractivity contribution in [2.24, 2.45) is 0 Å². The van der Waals surface area contributed by atoms with E-state index in [4.69, 9.17) is 16.3 Å². The standard InChI is InChI=1S/C17H25ClN2O3S/c1-3-23-11-6-10-19-17(22)15(9-12-24-2)20-16(21)13-7-4-5-8-14(13)18/h4-5,7-8,15H,3,6,9-12H2,1-2H3,(H,19,22)(H,20,21). The number of amides is 2. The van der Waals surface area contributed by atoms with Crippen LogP contribution < -0.4 is 10.6 Å². The molecule has 0 heterocycles. The zero-order valence-corrected chi connectivity index (χ0v) is 15.7. The Morgan fingerprint density at radius 3 is 2.75 bits per heavy atom. The third-order valence-corrected chi connectivity index (χ3v) is 4.29. The molecule has 24 heavy (non-hydrogen) atoms. The summed E-state index contributed by atoms with van der Waals surface area (Å²) < 4.78 is 5.24. The molecule has 1 aromatic carbocycles. The first-order valence-corrected chi connectivity index (χ1v) is 9.77. The normalized spacial score (nSPS) is 11.8. The van der Waals surface area contributed by atoms with Crippen LogP contribution in [0, 0.1) is 0 Å². The van der Waals surface area contributed by atoms with E-state index in [9.17, 15) is 9.59 Å². The largest absolute Gasteiger partial charge is 0.382 e. The molecule has 1 atom stereocenters. The molecule has 0 fully saturated rings. The number of hydrogen-bond donors (Lipinski definition) is 2. The van der Waals surface area contributed by atoms with Gasteiger partial charge in [-0.3, -0.25) is 9.59 Å². The summed E-state index contributed by atoms with van der Waals surface area (Å²) in [5, 5.41) is 6.00. The van der Waals surface area contributed by atoms with Gasteiger partial charge in [0.1, 0.15) is 6.04 Å². The molecule has 0 spiro atoms. The van der Waals surface area contributed by atoms with Crippen molar-refractivity contribution in [2.75, 3.05) is 31.8 Å². The molecular formula is C17H25ClN2O3S. The molecule has 7 heteroatoms. The van der Waals surface area contributed by atoms with E-state index in [1.165, 1.54) is 0 Å². The van der Waals surface area contributed by atoms with Crippen molar-refractivity contribution in [1.82, 2.24) is 10.6 Å². The van der Waals surface area contributed by atoms with E-state index < -0.39 is 6.04 Å². The summed E-state index contributed by atoms with van der Waals surface area (Å²) in [6.45, 7) is 3.73. The van der Waals surface area contributed by atoms with Crippen molar-refractivity contribution in [1.29, 1.82) is 0 Å². The molecule has 2 N–H and O–H groups in total. The van der Waals surface area contributed by atoms with Gasteiger partial charge < -0.3 is 15.4 Å². The van der Waals surface area contributed by atoms with Crippen LogP contribution >= 0.6 is 23.4 Å². The topological polar surface area (TPSA) is 67.4 Å². The number of nitrogens with one attached hydrogen (secondary N) is 2. The Bertz CT molecular complexity index is 528. The Hall–Kier alpha value is -1.24. The van der Waals surface area contributed by atoms with Gasteiger partial charge in [0.2, 0.25) is 5.91 Å². The fourth-order valence-corrected chi connectivity index (χ4v) is 2.73. The molecular weight excluding hydrogens is 348 g/mol. The van der Waals surface area contributed by atoms with E-state index >= 15 is 0 Å². The van der Waals surface area contributed by atoms with Crippen LogP contribution in [0.1, 0.15) is 30.1 Å². The Morgan fingerprint density at radius 1 is 1.33 bits per heavy atom. The molecule has 1 unspecified atom stereocenters.